The number of sulfonamides is 1. The number of carbonyl (C=O) groups excluding carboxylic acids is 2. The number of halogens is 5. The van der Waals surface area contributed by atoms with Crippen LogP contribution in [0.4, 0.5) is 13.2 Å². The number of amides is 2. The maximum atomic E-state index is 15.4. The van der Waals surface area contributed by atoms with Gasteiger partial charge in [-0.2, -0.15) is 4.31 Å². The van der Waals surface area contributed by atoms with Crippen LogP contribution in [0.1, 0.15) is 12.8 Å². The molecule has 0 spiro atoms. The first kappa shape index (κ1) is 28.6. The number of nitrogens with one attached hydrogen (secondary N) is 1. The van der Waals surface area contributed by atoms with Gasteiger partial charge < -0.3 is 10.2 Å². The molecule has 0 aliphatic carbocycles. The van der Waals surface area contributed by atoms with Gasteiger partial charge in [0.2, 0.25) is 15.9 Å². The first-order valence-corrected chi connectivity index (χ1v) is 14.3. The summed E-state index contributed by atoms with van der Waals surface area (Å²) in [5, 5.41) is 2.73. The van der Waals surface area contributed by atoms with E-state index in [2.05, 4.69) is 21.2 Å². The van der Waals surface area contributed by atoms with Crippen LogP contribution >= 0.6 is 27.5 Å². The van der Waals surface area contributed by atoms with E-state index in [4.69, 9.17) is 11.6 Å². The molecule has 204 valence electrons. The number of hydrogen-bond donors (Lipinski definition) is 1. The second-order valence-electron chi connectivity index (χ2n) is 9.15. The summed E-state index contributed by atoms with van der Waals surface area (Å²) < 4.78 is 70.0. The highest BCUT2D eigenvalue weighted by molar-refractivity contribution is 9.10. The number of nitrogens with zero attached hydrogens (tertiary/aromatic N) is 2. The molecule has 2 aliphatic rings. The number of carbonyl (C=O) groups is 2. The number of rotatable bonds is 7. The Morgan fingerprint density at radius 3 is 2.34 bits per heavy atom. The Bertz CT molecular complexity index is 1370. The number of piperidine rings is 1. The number of likely N-dealkylation sites (tertiary alicyclic amines) is 1. The fraction of sp³-hybridized carbons (Fsp3) is 0.360. The van der Waals surface area contributed by atoms with Crippen LogP contribution in [0.3, 0.4) is 0 Å². The van der Waals surface area contributed by atoms with Crippen LogP contribution in [0.5, 0.6) is 0 Å². The molecule has 0 aromatic heterocycles. The molecule has 2 aromatic carbocycles. The maximum absolute atomic E-state index is 15.4. The van der Waals surface area contributed by atoms with E-state index in [1.54, 1.807) is 36.4 Å². The molecule has 2 aromatic rings. The number of alkyl halides is 3. The summed E-state index contributed by atoms with van der Waals surface area (Å²) >= 11 is 9.69. The molecule has 0 atom stereocenters. The average molecular weight is 635 g/mol. The Kier molecular flexibility index (Phi) is 8.27. The minimum absolute atomic E-state index is 0.0133. The Morgan fingerprint density at radius 1 is 1.05 bits per heavy atom. The van der Waals surface area contributed by atoms with E-state index >= 15 is 4.39 Å². The smallest absolute Gasteiger partial charge is 0.282 e. The van der Waals surface area contributed by atoms with Crippen molar-refractivity contribution in [3.05, 3.63) is 64.1 Å². The van der Waals surface area contributed by atoms with Crippen molar-refractivity contribution in [2.45, 2.75) is 29.3 Å². The van der Waals surface area contributed by atoms with Gasteiger partial charge in [0.25, 0.3) is 11.8 Å². The Morgan fingerprint density at radius 2 is 1.71 bits per heavy atom. The zero-order valence-corrected chi connectivity index (χ0v) is 23.1. The first-order chi connectivity index (χ1) is 17.8. The van der Waals surface area contributed by atoms with E-state index in [0.29, 0.717) is 20.6 Å². The normalized spacial score (nSPS) is 19.2. The van der Waals surface area contributed by atoms with Crippen LogP contribution in [-0.2, 0) is 19.6 Å². The first-order valence-electron chi connectivity index (χ1n) is 11.7. The number of benzene rings is 2. The minimum Gasteiger partial charge on any atom is -0.350 e. The van der Waals surface area contributed by atoms with Crippen molar-refractivity contribution in [3.63, 3.8) is 0 Å². The van der Waals surface area contributed by atoms with Crippen molar-refractivity contribution >= 4 is 49.4 Å². The van der Waals surface area contributed by atoms with Crippen molar-refractivity contribution < 1.29 is 31.2 Å². The van der Waals surface area contributed by atoms with E-state index in [0.717, 1.165) is 15.3 Å². The highest BCUT2D eigenvalue weighted by atomic mass is 79.9. The van der Waals surface area contributed by atoms with E-state index in [1.165, 1.54) is 12.1 Å². The Labute approximate surface area is 231 Å². The largest absolute Gasteiger partial charge is 0.350 e. The summed E-state index contributed by atoms with van der Waals surface area (Å²) in [6.07, 6.45) is 1.58. The quantitative estimate of drug-likeness (QED) is 0.458. The molecule has 1 N–H and O–H groups in total. The molecule has 2 amide bonds. The highest BCUT2D eigenvalue weighted by Crippen LogP contribution is 2.37. The molecule has 4 rings (SSSR count). The summed E-state index contributed by atoms with van der Waals surface area (Å²) in [5.41, 5.74) is -1.38. The molecule has 0 radical (unpaired) electrons. The van der Waals surface area contributed by atoms with Gasteiger partial charge in [0.05, 0.1) is 18.0 Å². The molecular weight excluding hydrogens is 611 g/mol. The average Bonchev–Trinajstić information content (AvgIpc) is 2.85. The molecule has 2 saturated heterocycles. The van der Waals surface area contributed by atoms with Crippen molar-refractivity contribution in [3.8, 4) is 11.1 Å². The Balaban J connectivity index is 1.38. The molecule has 13 heteroatoms. The van der Waals surface area contributed by atoms with Crippen molar-refractivity contribution in [1.29, 1.82) is 0 Å². The second-order valence-corrected chi connectivity index (χ2v) is 12.4. The second kappa shape index (κ2) is 11.0. The molecular formula is C25H24BrClF3N3O4S. The lowest BCUT2D eigenvalue weighted by atomic mass is 9.93. The lowest BCUT2D eigenvalue weighted by Gasteiger charge is -2.37. The third-order valence-electron chi connectivity index (χ3n) is 6.44. The fourth-order valence-corrected chi connectivity index (χ4v) is 6.53. The van der Waals surface area contributed by atoms with E-state index in [1.807, 2.05) is 0 Å². The van der Waals surface area contributed by atoms with Crippen molar-refractivity contribution in [1.82, 2.24) is 14.5 Å². The van der Waals surface area contributed by atoms with Crippen molar-refractivity contribution in [2.75, 3.05) is 32.7 Å². The van der Waals surface area contributed by atoms with Gasteiger partial charge in [0, 0.05) is 59.2 Å². The van der Waals surface area contributed by atoms with E-state index < -0.39 is 46.5 Å². The molecule has 38 heavy (non-hydrogen) atoms. The van der Waals surface area contributed by atoms with Crippen LogP contribution in [0, 0.1) is 0 Å². The monoisotopic (exact) mass is 633 g/mol. The van der Waals surface area contributed by atoms with Crippen LogP contribution in [-0.4, -0.2) is 73.8 Å². The molecule has 2 fully saturated rings. The van der Waals surface area contributed by atoms with Gasteiger partial charge in [-0.3, -0.25) is 9.59 Å². The van der Waals surface area contributed by atoms with Gasteiger partial charge in [-0.1, -0.05) is 51.8 Å². The topological polar surface area (TPSA) is 86.8 Å². The highest BCUT2D eigenvalue weighted by Gasteiger charge is 2.46. The van der Waals surface area contributed by atoms with Gasteiger partial charge in [-0.15, -0.1) is 0 Å². The zero-order chi connectivity index (χ0) is 27.7. The van der Waals surface area contributed by atoms with Gasteiger partial charge in [-0.05, 0) is 24.3 Å². The summed E-state index contributed by atoms with van der Waals surface area (Å²) in [4.78, 5) is 25.2. The van der Waals surface area contributed by atoms with Crippen LogP contribution in [0.15, 0.2) is 64.0 Å². The van der Waals surface area contributed by atoms with Gasteiger partial charge in [0.15, 0.2) is 5.67 Å². The van der Waals surface area contributed by atoms with Crippen LogP contribution in [0.2, 0.25) is 5.02 Å². The SMILES string of the molecule is O=C(/C=C\CNC(=O)C1(F)CCN(S(=O)(=O)c2ccc(Br)cc2-c2ccccc2Cl)CC1)N1CC(F)(F)C1. The predicted octanol–water partition coefficient (Wildman–Crippen LogP) is 4.41. The molecule has 2 aliphatic heterocycles. The molecule has 2 heterocycles. The zero-order valence-electron chi connectivity index (χ0n) is 20.0. The maximum Gasteiger partial charge on any atom is 0.282 e. The van der Waals surface area contributed by atoms with Gasteiger partial charge in [0.1, 0.15) is 0 Å². The van der Waals surface area contributed by atoms with Gasteiger partial charge in [-0.25, -0.2) is 21.6 Å². The van der Waals surface area contributed by atoms with Gasteiger partial charge >= 0.3 is 0 Å². The summed E-state index contributed by atoms with van der Waals surface area (Å²) in [5.74, 6) is -4.43. The minimum atomic E-state index is -4.05. The summed E-state index contributed by atoms with van der Waals surface area (Å²) in [6, 6.07) is 11.5. The van der Waals surface area contributed by atoms with E-state index in [-0.39, 0.29) is 37.4 Å². The predicted molar refractivity (Wildman–Crippen MR) is 140 cm³/mol. The summed E-state index contributed by atoms with van der Waals surface area (Å²) in [6.45, 7) is -1.93. The molecule has 0 bridgehead atoms. The lowest BCUT2D eigenvalue weighted by Crippen LogP contribution is -2.58. The standard InChI is InChI=1S/C25H24BrClF3N3O4S/c26-17-7-8-21(19(14-17)18-4-1-2-5-20(18)27)38(36,37)33-12-9-24(28,10-13-33)23(35)31-11-3-6-22(34)32-15-25(29,30)16-32/h1-8,14H,9-13,15-16H2,(H,31,35)/b6-3-. The third-order valence-corrected chi connectivity index (χ3v) is 9.22. The fourth-order valence-electron chi connectivity index (χ4n) is 4.31. The lowest BCUT2D eigenvalue weighted by molar-refractivity contribution is -0.160. The molecule has 7 nitrogen and oxygen atoms in total. The molecule has 0 saturated carbocycles. The van der Waals surface area contributed by atoms with Crippen molar-refractivity contribution in [2.24, 2.45) is 0 Å². The Hall–Kier alpha value is -2.41. The van der Waals surface area contributed by atoms with Crippen LogP contribution < -0.4 is 5.32 Å². The van der Waals surface area contributed by atoms with E-state index in [9.17, 15) is 26.8 Å². The molecule has 0 unspecified atom stereocenters. The third kappa shape index (κ3) is 6.08. The van der Waals surface area contributed by atoms with Crippen LogP contribution in [0.25, 0.3) is 11.1 Å². The summed E-state index contributed by atoms with van der Waals surface area (Å²) in [7, 11) is -4.05. The number of hydrogen-bond acceptors (Lipinski definition) is 4.